The van der Waals surface area contributed by atoms with Crippen molar-refractivity contribution in [3.8, 4) is 0 Å². The summed E-state index contributed by atoms with van der Waals surface area (Å²) in [4.78, 5) is 11.9. The van der Waals surface area contributed by atoms with Crippen molar-refractivity contribution in [1.29, 1.82) is 0 Å². The molecular formula is C21H32O5. The zero-order valence-electron chi connectivity index (χ0n) is 15.8. The van der Waals surface area contributed by atoms with Crippen LogP contribution in [0.3, 0.4) is 0 Å². The zero-order chi connectivity index (χ0) is 18.9. The Hall–Kier alpha value is -0.750. The Labute approximate surface area is 155 Å². The van der Waals surface area contributed by atoms with E-state index < -0.39 is 29.8 Å². The van der Waals surface area contributed by atoms with Crippen LogP contribution in [0.25, 0.3) is 0 Å². The zero-order valence-corrected chi connectivity index (χ0v) is 15.8. The van der Waals surface area contributed by atoms with Crippen molar-refractivity contribution in [2.24, 2.45) is 28.6 Å². The molecule has 0 aromatic carbocycles. The van der Waals surface area contributed by atoms with Gasteiger partial charge in [-0.15, -0.1) is 0 Å². The SMILES string of the molecule is C[C@]12CCC(=O)C=C1CC[C@@H]1[C@@H]2[C@H](O)C[C@]2(C)[C@@H]1CC[C@]2(O)[C@H](O)CO. The molecule has 3 fully saturated rings. The summed E-state index contributed by atoms with van der Waals surface area (Å²) in [5.41, 5.74) is -0.898. The number of carbonyl (C=O) groups is 1. The summed E-state index contributed by atoms with van der Waals surface area (Å²) < 4.78 is 0. The van der Waals surface area contributed by atoms with Gasteiger partial charge in [-0.05, 0) is 67.8 Å². The Morgan fingerprint density at radius 3 is 2.65 bits per heavy atom. The van der Waals surface area contributed by atoms with Gasteiger partial charge >= 0.3 is 0 Å². The molecule has 0 bridgehead atoms. The maximum atomic E-state index is 11.9. The second-order valence-corrected chi connectivity index (χ2v) is 9.74. The van der Waals surface area contributed by atoms with Crippen LogP contribution in [-0.4, -0.2) is 50.6 Å². The summed E-state index contributed by atoms with van der Waals surface area (Å²) in [6, 6.07) is 0. The minimum absolute atomic E-state index is 0.0993. The first-order valence-electron chi connectivity index (χ1n) is 10.1. The van der Waals surface area contributed by atoms with E-state index in [-0.39, 0.29) is 29.0 Å². The summed E-state index contributed by atoms with van der Waals surface area (Å²) in [5.74, 6) is 0.798. The van der Waals surface area contributed by atoms with E-state index in [2.05, 4.69) is 6.92 Å². The Bertz CT molecular complexity index is 644. The Kier molecular flexibility index (Phi) is 4.20. The molecule has 0 aliphatic heterocycles. The number of rotatable bonds is 2. The summed E-state index contributed by atoms with van der Waals surface area (Å²) in [6.45, 7) is 3.73. The number of carbonyl (C=O) groups excluding carboxylic acids is 1. The number of hydrogen-bond acceptors (Lipinski definition) is 5. The molecule has 5 nitrogen and oxygen atoms in total. The van der Waals surface area contributed by atoms with Crippen molar-refractivity contribution in [2.75, 3.05) is 6.61 Å². The fraction of sp³-hybridized carbons (Fsp3) is 0.857. The van der Waals surface area contributed by atoms with Crippen molar-refractivity contribution >= 4 is 5.78 Å². The molecule has 146 valence electrons. The Morgan fingerprint density at radius 2 is 1.96 bits per heavy atom. The highest BCUT2D eigenvalue weighted by Gasteiger charge is 2.67. The first-order valence-corrected chi connectivity index (χ1v) is 10.1. The monoisotopic (exact) mass is 364 g/mol. The lowest BCUT2D eigenvalue weighted by Gasteiger charge is -2.61. The summed E-state index contributed by atoms with van der Waals surface area (Å²) in [6.07, 6.45) is 4.92. The van der Waals surface area contributed by atoms with Gasteiger partial charge in [0.15, 0.2) is 5.78 Å². The third-order valence-corrected chi connectivity index (χ3v) is 8.84. The van der Waals surface area contributed by atoms with E-state index in [1.165, 1.54) is 5.57 Å². The number of ketones is 1. The van der Waals surface area contributed by atoms with Gasteiger partial charge in [0.05, 0.1) is 18.3 Å². The van der Waals surface area contributed by atoms with Gasteiger partial charge in [-0.1, -0.05) is 19.4 Å². The fourth-order valence-electron chi connectivity index (χ4n) is 7.42. The van der Waals surface area contributed by atoms with Crippen molar-refractivity contribution < 1.29 is 25.2 Å². The van der Waals surface area contributed by atoms with Gasteiger partial charge in [0.2, 0.25) is 0 Å². The molecule has 26 heavy (non-hydrogen) atoms. The summed E-state index contributed by atoms with van der Waals surface area (Å²) in [5, 5.41) is 42.3. The van der Waals surface area contributed by atoms with Gasteiger partial charge in [0.1, 0.15) is 6.10 Å². The topological polar surface area (TPSA) is 98.0 Å². The van der Waals surface area contributed by atoms with Crippen LogP contribution < -0.4 is 0 Å². The van der Waals surface area contributed by atoms with E-state index in [9.17, 15) is 25.2 Å². The number of allylic oxidation sites excluding steroid dienone is 1. The molecule has 0 aromatic heterocycles. The first kappa shape index (κ1) is 18.6. The van der Waals surface area contributed by atoms with Gasteiger partial charge < -0.3 is 20.4 Å². The minimum atomic E-state index is -1.35. The lowest BCUT2D eigenvalue weighted by atomic mass is 9.45. The Balaban J connectivity index is 1.72. The van der Waals surface area contributed by atoms with Crippen LogP contribution in [0.15, 0.2) is 11.6 Å². The van der Waals surface area contributed by atoms with Gasteiger partial charge in [0, 0.05) is 11.8 Å². The molecule has 0 aromatic rings. The van der Waals surface area contributed by atoms with E-state index in [0.717, 1.165) is 25.7 Å². The molecule has 8 atom stereocenters. The predicted octanol–water partition coefficient (Wildman–Crippen LogP) is 1.57. The highest BCUT2D eigenvalue weighted by atomic mass is 16.4. The molecule has 4 aliphatic carbocycles. The molecule has 5 heteroatoms. The van der Waals surface area contributed by atoms with Crippen molar-refractivity contribution in [1.82, 2.24) is 0 Å². The van der Waals surface area contributed by atoms with Crippen molar-refractivity contribution in [3.05, 3.63) is 11.6 Å². The predicted molar refractivity (Wildman–Crippen MR) is 96.1 cm³/mol. The smallest absolute Gasteiger partial charge is 0.155 e. The van der Waals surface area contributed by atoms with Gasteiger partial charge in [-0.25, -0.2) is 0 Å². The maximum Gasteiger partial charge on any atom is 0.155 e. The largest absolute Gasteiger partial charge is 0.394 e. The lowest BCUT2D eigenvalue weighted by molar-refractivity contribution is -0.207. The molecule has 4 N–H and O–H groups in total. The molecule has 3 saturated carbocycles. The van der Waals surface area contributed by atoms with Crippen LogP contribution in [0.5, 0.6) is 0 Å². The van der Waals surface area contributed by atoms with Crippen molar-refractivity contribution in [3.63, 3.8) is 0 Å². The van der Waals surface area contributed by atoms with Crippen LogP contribution in [0.4, 0.5) is 0 Å². The second kappa shape index (κ2) is 5.87. The molecule has 0 unspecified atom stereocenters. The third-order valence-electron chi connectivity index (χ3n) is 8.84. The van der Waals surface area contributed by atoms with Gasteiger partial charge in [0.25, 0.3) is 0 Å². The first-order chi connectivity index (χ1) is 12.2. The number of aliphatic hydroxyl groups excluding tert-OH is 3. The second-order valence-electron chi connectivity index (χ2n) is 9.74. The lowest BCUT2D eigenvalue weighted by Crippen LogP contribution is -2.63. The van der Waals surface area contributed by atoms with E-state index in [1.807, 2.05) is 13.0 Å². The number of hydrogen-bond donors (Lipinski definition) is 4. The molecule has 4 rings (SSSR count). The van der Waals surface area contributed by atoms with Crippen LogP contribution in [0.2, 0.25) is 0 Å². The maximum absolute atomic E-state index is 11.9. The van der Waals surface area contributed by atoms with Crippen LogP contribution in [0.1, 0.15) is 58.8 Å². The third kappa shape index (κ3) is 2.20. The van der Waals surface area contributed by atoms with Crippen LogP contribution >= 0.6 is 0 Å². The Morgan fingerprint density at radius 1 is 1.23 bits per heavy atom. The van der Waals surface area contributed by atoms with E-state index in [1.54, 1.807) is 0 Å². The van der Waals surface area contributed by atoms with E-state index >= 15 is 0 Å². The van der Waals surface area contributed by atoms with E-state index in [4.69, 9.17) is 0 Å². The molecule has 0 amide bonds. The quantitative estimate of drug-likeness (QED) is 0.596. The van der Waals surface area contributed by atoms with Gasteiger partial charge in [-0.2, -0.15) is 0 Å². The highest BCUT2D eigenvalue weighted by Crippen LogP contribution is 2.67. The molecule has 0 saturated heterocycles. The standard InChI is InChI=1S/C21H32O5/c1-19-7-5-13(23)9-12(19)3-4-14-15-6-8-21(26,17(25)11-22)20(15,2)10-16(24)18(14)19/h9,14-18,22,24-26H,3-8,10-11H2,1-2H3/t14-,15+,16+,17+,18+,19-,20+,21-/m0/s1. The normalized spacial score (nSPS) is 51.9. The summed E-state index contributed by atoms with van der Waals surface area (Å²) in [7, 11) is 0. The molecule has 0 spiro atoms. The fourth-order valence-corrected chi connectivity index (χ4v) is 7.42. The number of aliphatic hydroxyl groups is 4. The highest BCUT2D eigenvalue weighted by molar-refractivity contribution is 5.91. The number of fused-ring (bicyclic) bond motifs is 5. The van der Waals surface area contributed by atoms with E-state index in [0.29, 0.717) is 19.3 Å². The molecule has 0 radical (unpaired) electrons. The average Bonchev–Trinajstić information content (AvgIpc) is 2.86. The molecular weight excluding hydrogens is 332 g/mol. The van der Waals surface area contributed by atoms with Gasteiger partial charge in [-0.3, -0.25) is 4.79 Å². The van der Waals surface area contributed by atoms with Crippen LogP contribution in [0, 0.1) is 28.6 Å². The minimum Gasteiger partial charge on any atom is -0.394 e. The average molecular weight is 364 g/mol. The molecule has 4 aliphatic rings. The molecule has 0 heterocycles. The van der Waals surface area contributed by atoms with Crippen molar-refractivity contribution in [2.45, 2.75) is 76.6 Å². The van der Waals surface area contributed by atoms with Crippen LogP contribution in [-0.2, 0) is 4.79 Å². The summed E-state index contributed by atoms with van der Waals surface area (Å²) >= 11 is 0.